The molecule has 6 aromatic rings. The molecule has 0 aromatic carbocycles. The van der Waals surface area contributed by atoms with E-state index in [0.717, 1.165) is 51.9 Å². The van der Waals surface area contributed by atoms with Gasteiger partial charge in [-0.25, -0.2) is 23.1 Å². The molecule has 0 aliphatic carbocycles. The predicted octanol–water partition coefficient (Wildman–Crippen LogP) is 10.2. The van der Waals surface area contributed by atoms with Crippen LogP contribution in [0.4, 0.5) is 0 Å². The maximum absolute atomic E-state index is 12.3. The zero-order valence-corrected chi connectivity index (χ0v) is 54.7. The average Bonchev–Trinajstić information content (AvgIpc) is 4.12. The summed E-state index contributed by atoms with van der Waals surface area (Å²) in [5, 5.41) is 26.3. The summed E-state index contributed by atoms with van der Waals surface area (Å²) in [6, 6.07) is 13.4. The van der Waals surface area contributed by atoms with Crippen LogP contribution in [0.3, 0.4) is 0 Å². The molecule has 0 fully saturated rings. The van der Waals surface area contributed by atoms with Crippen LogP contribution in [-0.4, -0.2) is 149 Å². The van der Waals surface area contributed by atoms with Gasteiger partial charge in [-0.15, -0.1) is 10.2 Å². The van der Waals surface area contributed by atoms with E-state index in [1.54, 1.807) is 81.4 Å². The van der Waals surface area contributed by atoms with Crippen molar-refractivity contribution in [2.45, 2.75) is 139 Å². The fourth-order valence-electron chi connectivity index (χ4n) is 6.78. The number of esters is 1. The zero-order chi connectivity index (χ0) is 62.1. The molecule has 2 N–H and O–H groups in total. The number of aromatic nitrogens is 10. The number of methoxy groups -OCH3 is 1. The van der Waals surface area contributed by atoms with Gasteiger partial charge in [0.25, 0.3) is 0 Å². The minimum atomic E-state index is -3.62. The summed E-state index contributed by atoms with van der Waals surface area (Å²) in [5.74, 6) is 1.03. The molecular formula is C58H88N10O12SSi2. The van der Waals surface area contributed by atoms with Crippen molar-refractivity contribution in [3.8, 4) is 63.1 Å². The molecule has 6 aromatic heterocycles. The number of nitrogens with zero attached hydrogens (tertiary/aromatic N) is 10. The number of carbonyl (C=O) groups is 2. The largest absolute Gasteiger partial charge is 0.481 e. The van der Waals surface area contributed by atoms with Crippen LogP contribution in [0.5, 0.6) is 17.8 Å². The van der Waals surface area contributed by atoms with E-state index in [9.17, 15) is 23.1 Å². The Labute approximate surface area is 492 Å². The van der Waals surface area contributed by atoms with Crippen molar-refractivity contribution < 1.29 is 56.6 Å². The van der Waals surface area contributed by atoms with E-state index in [0.29, 0.717) is 73.1 Å². The van der Waals surface area contributed by atoms with Gasteiger partial charge in [0.05, 0.1) is 35.9 Å². The van der Waals surface area contributed by atoms with Gasteiger partial charge in [-0.1, -0.05) is 67.0 Å². The number of aryl methyl sites for hydroxylation is 2. The second-order valence-corrected chi connectivity index (χ2v) is 38.0. The zero-order valence-electron chi connectivity index (χ0n) is 51.9. The molecule has 456 valence electrons. The number of rotatable bonds is 27. The Morgan fingerprint density at radius 1 is 0.651 bits per heavy atom. The van der Waals surface area contributed by atoms with E-state index in [1.165, 1.54) is 11.8 Å². The van der Waals surface area contributed by atoms with Gasteiger partial charge in [0.15, 0.2) is 11.6 Å². The summed E-state index contributed by atoms with van der Waals surface area (Å²) in [5.41, 5.74) is 4.37. The van der Waals surface area contributed by atoms with Crippen molar-refractivity contribution in [3.05, 3.63) is 72.3 Å². The number of carbonyl (C=O) groups excluding carboxylic acids is 1. The number of carboxylic acid groups (broad SMARTS) is 1. The number of aliphatic hydroxyl groups excluding tert-OH is 1. The number of carboxylic acids is 1. The summed E-state index contributed by atoms with van der Waals surface area (Å²) >= 11 is 0. The summed E-state index contributed by atoms with van der Waals surface area (Å²) in [6.07, 6.45) is 7.76. The summed E-state index contributed by atoms with van der Waals surface area (Å²) in [7, 11) is -4.73. The lowest BCUT2D eigenvalue weighted by Crippen LogP contribution is -2.32. The molecular weight excluding hydrogens is 1120 g/mol. The Morgan fingerprint density at radius 2 is 1.10 bits per heavy atom. The number of hydrogen-bond acceptors (Lipinski definition) is 19. The lowest BCUT2D eigenvalue weighted by molar-refractivity contribution is -0.152. The van der Waals surface area contributed by atoms with Crippen molar-refractivity contribution in [1.82, 2.24) is 49.5 Å². The molecule has 0 aliphatic heterocycles. The van der Waals surface area contributed by atoms with Gasteiger partial charge in [-0.2, -0.15) is 14.6 Å². The molecule has 0 saturated heterocycles. The van der Waals surface area contributed by atoms with Gasteiger partial charge in [-0.05, 0) is 101 Å². The fourth-order valence-corrected chi connectivity index (χ4v) is 9.02. The lowest BCUT2D eigenvalue weighted by atomic mass is 9.95. The third-order valence-electron chi connectivity index (χ3n) is 12.2. The first-order valence-corrected chi connectivity index (χ1v) is 36.9. The topological polar surface area (TPSA) is 277 Å². The van der Waals surface area contributed by atoms with Crippen molar-refractivity contribution in [2.75, 3.05) is 53.0 Å². The molecule has 25 heteroatoms. The second-order valence-electron chi connectivity index (χ2n) is 24.9. The molecule has 0 saturated carbocycles. The maximum atomic E-state index is 12.3. The molecule has 0 amide bonds. The molecule has 0 atom stereocenters. The van der Waals surface area contributed by atoms with Gasteiger partial charge in [0, 0.05) is 101 Å². The van der Waals surface area contributed by atoms with Crippen LogP contribution in [0.1, 0.15) is 66.5 Å². The van der Waals surface area contributed by atoms with Crippen LogP contribution in [0.25, 0.3) is 45.3 Å². The molecule has 0 bridgehead atoms. The molecule has 0 unspecified atom stereocenters. The quantitative estimate of drug-likeness (QED) is 0.0275. The number of pyridine rings is 4. The van der Waals surface area contributed by atoms with E-state index >= 15 is 0 Å². The number of aliphatic hydroxyl groups is 1. The third kappa shape index (κ3) is 22.5. The Kier molecular flexibility index (Phi) is 25.2. The summed E-state index contributed by atoms with van der Waals surface area (Å²) in [4.78, 5) is 49.9. The number of sulfone groups is 1. The van der Waals surface area contributed by atoms with Gasteiger partial charge in [0.2, 0.25) is 26.8 Å². The lowest BCUT2D eigenvalue weighted by Gasteiger charge is -2.21. The second kappa shape index (κ2) is 30.3. The Bertz CT molecular complexity index is 3160. The third-order valence-corrected chi connectivity index (χ3v) is 16.6. The Balaban J connectivity index is 0.000000329. The standard InChI is InChI=1S/C28H41N5O5Si.C26H37N5O6SSi.C4H10O/c1-19(2)16-37-27-31-25(32-33(27)18-36-11-12-39(6,7)8)21-9-10-23(29-14-21)22-15-30-24(13-20(22)3)38-17-28(4,5)26(34)35;1-18-13-22(37-16-26(2,3)24(32)35-4)28-15-20(18)21-10-9-19(14-27-21)23-29-25(38(5,33)34)31(30-23)17-36-11-12-39(6,7)8;1-4(2)3-5/h9-10,13-15,19H,11-12,16-18H2,1-8H3,(H,34,35);9-10,13-15H,11-12,16-17H2,1-8H3;4-5H,3H2,1-2H3. The number of aliphatic carboxylic acids is 1. The molecule has 6 heterocycles. The van der Waals surface area contributed by atoms with E-state index in [1.807, 2.05) is 39.8 Å². The highest BCUT2D eigenvalue weighted by atomic mass is 32.2. The van der Waals surface area contributed by atoms with Crippen LogP contribution in [0.2, 0.25) is 51.4 Å². The molecule has 6 rings (SSSR count). The van der Waals surface area contributed by atoms with Crippen molar-refractivity contribution in [1.29, 1.82) is 0 Å². The Morgan fingerprint density at radius 3 is 1.48 bits per heavy atom. The van der Waals surface area contributed by atoms with Crippen LogP contribution in [0, 0.1) is 36.5 Å². The van der Waals surface area contributed by atoms with Crippen LogP contribution in [0.15, 0.2) is 66.3 Å². The van der Waals surface area contributed by atoms with Crippen LogP contribution >= 0.6 is 0 Å². The molecule has 22 nitrogen and oxygen atoms in total. The molecule has 0 aliphatic rings. The van der Waals surface area contributed by atoms with Crippen molar-refractivity contribution in [2.24, 2.45) is 22.7 Å². The highest BCUT2D eigenvalue weighted by molar-refractivity contribution is 7.90. The van der Waals surface area contributed by atoms with Crippen LogP contribution < -0.4 is 14.2 Å². The van der Waals surface area contributed by atoms with Crippen molar-refractivity contribution >= 4 is 37.9 Å². The summed E-state index contributed by atoms with van der Waals surface area (Å²) in [6.45, 7) is 34.8. The highest BCUT2D eigenvalue weighted by Gasteiger charge is 2.31. The molecule has 0 spiro atoms. The van der Waals surface area contributed by atoms with Gasteiger partial charge < -0.3 is 38.6 Å². The number of ether oxygens (including phenoxy) is 6. The smallest absolute Gasteiger partial charge is 0.317 e. The first-order chi connectivity index (χ1) is 38.6. The van der Waals surface area contributed by atoms with E-state index < -0.39 is 42.8 Å². The Hall–Kier alpha value is -6.52. The average molecular weight is 1210 g/mol. The minimum absolute atomic E-state index is 0.00148. The van der Waals surface area contributed by atoms with Gasteiger partial charge >= 0.3 is 17.9 Å². The normalized spacial score (nSPS) is 12.1. The number of hydrogen-bond donors (Lipinski definition) is 2. The van der Waals surface area contributed by atoms with Gasteiger partial charge in [-0.3, -0.25) is 19.6 Å². The first-order valence-electron chi connectivity index (χ1n) is 27.6. The minimum Gasteiger partial charge on any atom is -0.481 e. The monoisotopic (exact) mass is 1200 g/mol. The predicted molar refractivity (Wildman–Crippen MR) is 324 cm³/mol. The SMILES string of the molecule is CC(C)CO.COC(=O)C(C)(C)COc1cc(C)c(-c2ccc(-c3nc(S(C)(=O)=O)n(COCC[Si](C)(C)C)n3)cn2)cn1.Cc1cc(OCC(C)(C)C(=O)O)ncc1-c1ccc(-c2nc(OCC(C)C)n(COCC[Si](C)(C)C)n2)cn1. The van der Waals surface area contributed by atoms with Crippen molar-refractivity contribution in [3.63, 3.8) is 0 Å². The van der Waals surface area contributed by atoms with Crippen LogP contribution in [-0.2, 0) is 47.1 Å². The van der Waals surface area contributed by atoms with E-state index in [-0.39, 0.29) is 43.6 Å². The molecule has 83 heavy (non-hydrogen) atoms. The summed E-state index contributed by atoms with van der Waals surface area (Å²) < 4.78 is 61.3. The molecule has 0 radical (unpaired) electrons. The first kappa shape index (κ1) is 69.0. The highest BCUT2D eigenvalue weighted by Crippen LogP contribution is 2.30. The fraction of sp³-hybridized carbons (Fsp3) is 0.552. The van der Waals surface area contributed by atoms with Gasteiger partial charge in [0.1, 0.15) is 26.7 Å². The van der Waals surface area contributed by atoms with E-state index in [4.69, 9.17) is 33.5 Å². The maximum Gasteiger partial charge on any atom is 0.317 e. The van der Waals surface area contributed by atoms with E-state index in [2.05, 4.69) is 93.2 Å².